The maximum atomic E-state index is 12.0. The summed E-state index contributed by atoms with van der Waals surface area (Å²) in [6.45, 7) is 6.44. The van der Waals surface area contributed by atoms with Crippen molar-refractivity contribution in [2.75, 3.05) is 19.7 Å². The van der Waals surface area contributed by atoms with Crippen LogP contribution >= 0.6 is 0 Å². The first-order chi connectivity index (χ1) is 10.6. The fraction of sp³-hybridized carbons (Fsp3) is 0.706. The lowest BCUT2D eigenvalue weighted by molar-refractivity contribution is 0.207. The second kappa shape index (κ2) is 7.79. The third-order valence-corrected chi connectivity index (χ3v) is 4.64. The Balaban J connectivity index is 2.40. The van der Waals surface area contributed by atoms with Crippen LogP contribution in [-0.4, -0.2) is 39.4 Å². The minimum absolute atomic E-state index is 0.00660. The Bertz CT molecular complexity index is 542. The number of aromatic hydroxyl groups is 1. The molecule has 1 atom stereocenters. The molecule has 2 N–H and O–H groups in total. The average molecular weight is 308 g/mol. The van der Waals surface area contributed by atoms with Gasteiger partial charge in [0.05, 0.1) is 18.3 Å². The van der Waals surface area contributed by atoms with Gasteiger partial charge in [-0.3, -0.25) is 9.69 Å². The van der Waals surface area contributed by atoms with Crippen LogP contribution in [0.1, 0.15) is 56.5 Å². The first kappa shape index (κ1) is 17.0. The summed E-state index contributed by atoms with van der Waals surface area (Å²) in [7, 11) is 0. The molecule has 0 bridgehead atoms. The first-order valence-electron chi connectivity index (χ1n) is 8.35. The summed E-state index contributed by atoms with van der Waals surface area (Å²) in [5.41, 5.74) is 1.12. The lowest BCUT2D eigenvalue weighted by Gasteiger charge is -2.28. The van der Waals surface area contributed by atoms with Crippen LogP contribution < -0.4 is 5.43 Å². The van der Waals surface area contributed by atoms with E-state index in [-0.39, 0.29) is 23.8 Å². The second-order valence-electron chi connectivity index (χ2n) is 6.25. The molecule has 1 saturated heterocycles. The van der Waals surface area contributed by atoms with Crippen molar-refractivity contribution in [2.24, 2.45) is 0 Å². The summed E-state index contributed by atoms with van der Waals surface area (Å²) >= 11 is 0. The van der Waals surface area contributed by atoms with Crippen LogP contribution in [0, 0.1) is 6.92 Å². The molecule has 124 valence electrons. The zero-order valence-electron chi connectivity index (χ0n) is 13.7. The lowest BCUT2D eigenvalue weighted by Crippen LogP contribution is -2.30. The number of aliphatic hydroxyl groups is 1. The third kappa shape index (κ3) is 3.70. The smallest absolute Gasteiger partial charge is 0.223 e. The summed E-state index contributed by atoms with van der Waals surface area (Å²) in [5, 5.41) is 19.9. The minimum atomic E-state index is -0.327. The molecule has 2 rings (SSSR count). The van der Waals surface area contributed by atoms with E-state index in [1.165, 1.54) is 18.9 Å². The maximum Gasteiger partial charge on any atom is 0.223 e. The summed E-state index contributed by atoms with van der Waals surface area (Å²) in [6, 6.07) is 1.35. The standard InChI is InChI=1S/C17H28N2O3/c1-3-14(12-20)19-13(2)10-16(21)17(22)15(19)11-18-8-6-4-5-7-9-18/h10,14,20,22H,3-9,11-12H2,1-2H3. The van der Waals surface area contributed by atoms with Gasteiger partial charge in [-0.05, 0) is 39.3 Å². The van der Waals surface area contributed by atoms with Gasteiger partial charge in [0.1, 0.15) is 0 Å². The van der Waals surface area contributed by atoms with Gasteiger partial charge in [-0.2, -0.15) is 0 Å². The molecule has 2 heterocycles. The largest absolute Gasteiger partial charge is 0.503 e. The summed E-state index contributed by atoms with van der Waals surface area (Å²) < 4.78 is 1.95. The van der Waals surface area contributed by atoms with Gasteiger partial charge in [0.25, 0.3) is 0 Å². The van der Waals surface area contributed by atoms with Crippen molar-refractivity contribution in [3.63, 3.8) is 0 Å². The van der Waals surface area contributed by atoms with E-state index in [1.807, 2.05) is 18.4 Å². The highest BCUT2D eigenvalue weighted by molar-refractivity contribution is 5.30. The Labute approximate surface area is 132 Å². The number of nitrogens with zero attached hydrogens (tertiary/aromatic N) is 2. The lowest BCUT2D eigenvalue weighted by atomic mass is 10.1. The number of rotatable bonds is 5. The van der Waals surface area contributed by atoms with Crippen LogP contribution in [-0.2, 0) is 6.54 Å². The highest BCUT2D eigenvalue weighted by Crippen LogP contribution is 2.24. The highest BCUT2D eigenvalue weighted by atomic mass is 16.3. The third-order valence-electron chi connectivity index (χ3n) is 4.64. The van der Waals surface area contributed by atoms with Gasteiger partial charge >= 0.3 is 0 Å². The fourth-order valence-electron chi connectivity index (χ4n) is 3.36. The molecule has 5 heteroatoms. The quantitative estimate of drug-likeness (QED) is 0.875. The normalized spacial score (nSPS) is 18.1. The minimum Gasteiger partial charge on any atom is -0.503 e. The predicted octanol–water partition coefficient (Wildman–Crippen LogP) is 2.18. The van der Waals surface area contributed by atoms with Gasteiger partial charge in [-0.25, -0.2) is 0 Å². The molecule has 0 saturated carbocycles. The molecule has 1 unspecified atom stereocenters. The SMILES string of the molecule is CCC(CO)n1c(C)cc(=O)c(O)c1CN1CCCCCC1. The molecule has 5 nitrogen and oxygen atoms in total. The van der Waals surface area contributed by atoms with Crippen molar-refractivity contribution in [1.82, 2.24) is 9.47 Å². The van der Waals surface area contributed by atoms with Crippen molar-refractivity contribution in [2.45, 2.75) is 58.5 Å². The van der Waals surface area contributed by atoms with E-state index in [9.17, 15) is 15.0 Å². The molecule has 0 amide bonds. The van der Waals surface area contributed by atoms with E-state index in [2.05, 4.69) is 4.90 Å². The van der Waals surface area contributed by atoms with Crippen LogP contribution in [0.5, 0.6) is 5.75 Å². The van der Waals surface area contributed by atoms with Crippen molar-refractivity contribution in [3.05, 3.63) is 27.7 Å². The summed E-state index contributed by atoms with van der Waals surface area (Å²) in [4.78, 5) is 14.3. The predicted molar refractivity (Wildman–Crippen MR) is 87.3 cm³/mol. The zero-order chi connectivity index (χ0) is 16.1. The number of hydrogen-bond donors (Lipinski definition) is 2. The van der Waals surface area contributed by atoms with E-state index in [1.54, 1.807) is 0 Å². The Morgan fingerprint density at radius 2 is 1.86 bits per heavy atom. The zero-order valence-corrected chi connectivity index (χ0v) is 13.7. The van der Waals surface area contributed by atoms with Gasteiger partial charge < -0.3 is 14.8 Å². The highest BCUT2D eigenvalue weighted by Gasteiger charge is 2.21. The molecule has 1 aromatic heterocycles. The number of aliphatic hydroxyl groups excluding tert-OH is 1. The molecule has 0 spiro atoms. The van der Waals surface area contributed by atoms with Crippen molar-refractivity contribution < 1.29 is 10.2 Å². The van der Waals surface area contributed by atoms with Crippen LogP contribution in [0.2, 0.25) is 0 Å². The number of pyridine rings is 1. The number of likely N-dealkylation sites (tertiary alicyclic amines) is 1. The molecule has 0 aromatic carbocycles. The maximum absolute atomic E-state index is 12.0. The van der Waals surface area contributed by atoms with Gasteiger partial charge in [-0.1, -0.05) is 19.8 Å². The van der Waals surface area contributed by atoms with Gasteiger partial charge in [0.2, 0.25) is 5.43 Å². The van der Waals surface area contributed by atoms with Crippen molar-refractivity contribution in [1.29, 1.82) is 0 Å². The first-order valence-corrected chi connectivity index (χ1v) is 8.35. The fourth-order valence-corrected chi connectivity index (χ4v) is 3.36. The molecular weight excluding hydrogens is 280 g/mol. The van der Waals surface area contributed by atoms with E-state index >= 15 is 0 Å². The van der Waals surface area contributed by atoms with Crippen LogP contribution in [0.15, 0.2) is 10.9 Å². The van der Waals surface area contributed by atoms with E-state index in [0.717, 1.165) is 38.0 Å². The molecule has 0 aliphatic carbocycles. The van der Waals surface area contributed by atoms with E-state index in [4.69, 9.17) is 0 Å². The number of aromatic nitrogens is 1. The Morgan fingerprint density at radius 3 is 2.41 bits per heavy atom. The molecule has 22 heavy (non-hydrogen) atoms. The Hall–Kier alpha value is -1.33. The molecule has 1 fully saturated rings. The number of hydrogen-bond acceptors (Lipinski definition) is 4. The van der Waals surface area contributed by atoms with Crippen LogP contribution in [0.3, 0.4) is 0 Å². The van der Waals surface area contributed by atoms with Crippen LogP contribution in [0.4, 0.5) is 0 Å². The molecular formula is C17H28N2O3. The van der Waals surface area contributed by atoms with Gasteiger partial charge in [0, 0.05) is 18.3 Å². The molecule has 1 aliphatic rings. The van der Waals surface area contributed by atoms with E-state index in [0.29, 0.717) is 12.2 Å². The van der Waals surface area contributed by atoms with Crippen LogP contribution in [0.25, 0.3) is 0 Å². The topological polar surface area (TPSA) is 65.7 Å². The Morgan fingerprint density at radius 1 is 1.23 bits per heavy atom. The molecule has 1 aromatic rings. The van der Waals surface area contributed by atoms with Gasteiger partial charge in [-0.15, -0.1) is 0 Å². The number of aryl methyl sites for hydroxylation is 1. The Kier molecular flexibility index (Phi) is 6.03. The average Bonchev–Trinajstić information content (AvgIpc) is 2.77. The van der Waals surface area contributed by atoms with E-state index < -0.39 is 0 Å². The summed E-state index contributed by atoms with van der Waals surface area (Å²) in [5.74, 6) is -0.165. The monoisotopic (exact) mass is 308 g/mol. The van der Waals surface area contributed by atoms with Gasteiger partial charge in [0.15, 0.2) is 5.75 Å². The second-order valence-corrected chi connectivity index (χ2v) is 6.25. The van der Waals surface area contributed by atoms with Crippen molar-refractivity contribution >= 4 is 0 Å². The molecule has 1 aliphatic heterocycles. The summed E-state index contributed by atoms with van der Waals surface area (Å²) in [6.07, 6.45) is 5.57. The van der Waals surface area contributed by atoms with Crippen molar-refractivity contribution in [3.8, 4) is 5.75 Å². The molecule has 0 radical (unpaired) electrons.